The van der Waals surface area contributed by atoms with Gasteiger partial charge in [-0.25, -0.2) is 14.4 Å². The topological polar surface area (TPSA) is 133 Å². The van der Waals surface area contributed by atoms with Gasteiger partial charge in [-0.15, -0.1) is 0 Å². The van der Waals surface area contributed by atoms with E-state index in [4.69, 9.17) is 23.7 Å². The van der Waals surface area contributed by atoms with E-state index in [2.05, 4.69) is 17.1 Å². The van der Waals surface area contributed by atoms with Crippen LogP contribution in [0.25, 0.3) is 0 Å². The van der Waals surface area contributed by atoms with Crippen molar-refractivity contribution < 1.29 is 43.2 Å². The average molecular weight is 636 g/mol. The molecule has 10 nitrogen and oxygen atoms in total. The molecule has 0 radical (unpaired) electrons. The minimum Gasteiger partial charge on any atom is -0.456 e. The standard InChI is InChI=1S/C36H45NO9/c1-20-17-21(2)36-19-26(32(46-36)31(22(3)23(4)38)45-34(40)28-13-10-16-37-28)14-15-27(36)18-29(42-6)35(41)44-30(20)24(5)43-33(39)25-11-8-7-9-12-25/h7-17,20,22-24,26-27,29-32,37-38H,18-19H2,1-6H3/b21-17+/t20-,22-,23+,24-,26-,27-,29+,30+,31-,32-,36+/m1/s1. The van der Waals surface area contributed by atoms with Gasteiger partial charge in [0, 0.05) is 37.0 Å². The predicted molar refractivity (Wildman–Crippen MR) is 169 cm³/mol. The number of rotatable bonds is 9. The summed E-state index contributed by atoms with van der Waals surface area (Å²) in [6, 6.07) is 12.0. The number of carbonyl (C=O) groups excluding carboxylic acids is 3. The third kappa shape index (κ3) is 6.70. The van der Waals surface area contributed by atoms with E-state index < -0.39 is 66.1 Å². The SMILES string of the molecule is CO[C@H]1C[C@H]2C=C[C@@H]3C[C@]2(O[C@H]3[C@H](OC(=O)c2ccc[nH]2)[C@H](C)[C@H](C)O)/C(C)=C/[C@@H](C)[C@@H]([C@@H](C)OC(=O)c2ccccc2)OC1=O. The summed E-state index contributed by atoms with van der Waals surface area (Å²) in [4.78, 5) is 42.5. The molecule has 1 aliphatic carbocycles. The molecule has 248 valence electrons. The maximum Gasteiger partial charge on any atom is 0.355 e. The highest BCUT2D eigenvalue weighted by Gasteiger charge is 2.57. The number of hydrogen-bond acceptors (Lipinski definition) is 9. The molecule has 46 heavy (non-hydrogen) atoms. The summed E-state index contributed by atoms with van der Waals surface area (Å²) in [5.41, 5.74) is 0.810. The Kier molecular flexibility index (Phi) is 10.2. The summed E-state index contributed by atoms with van der Waals surface area (Å²) in [7, 11) is 1.47. The van der Waals surface area contributed by atoms with Crippen LogP contribution in [0.3, 0.4) is 0 Å². The van der Waals surface area contributed by atoms with Gasteiger partial charge in [-0.3, -0.25) is 0 Å². The van der Waals surface area contributed by atoms with E-state index in [9.17, 15) is 19.5 Å². The Bertz CT molecular complexity index is 1430. The lowest BCUT2D eigenvalue weighted by atomic mass is 9.69. The molecule has 1 saturated heterocycles. The number of fused-ring (bicyclic) bond motifs is 1. The van der Waals surface area contributed by atoms with Crippen LogP contribution in [0.5, 0.6) is 0 Å². The molecule has 11 atom stereocenters. The number of esters is 3. The van der Waals surface area contributed by atoms with Gasteiger partial charge in [-0.05, 0) is 63.5 Å². The quantitative estimate of drug-likeness (QED) is 0.221. The first-order valence-electron chi connectivity index (χ1n) is 16.0. The van der Waals surface area contributed by atoms with Gasteiger partial charge in [-0.2, -0.15) is 0 Å². The third-order valence-corrected chi connectivity index (χ3v) is 9.89. The second-order valence-corrected chi connectivity index (χ2v) is 12.9. The Balaban J connectivity index is 1.47. The fraction of sp³-hybridized carbons (Fsp3) is 0.528. The summed E-state index contributed by atoms with van der Waals surface area (Å²) in [6.45, 7) is 9.16. The molecule has 0 saturated carbocycles. The van der Waals surface area contributed by atoms with Crippen LogP contribution in [0.15, 0.2) is 72.5 Å². The van der Waals surface area contributed by atoms with E-state index in [1.54, 1.807) is 56.4 Å². The van der Waals surface area contributed by atoms with Crippen molar-refractivity contribution in [1.29, 1.82) is 0 Å². The fourth-order valence-electron chi connectivity index (χ4n) is 7.08. The van der Waals surface area contributed by atoms with Crippen molar-refractivity contribution in [2.45, 2.75) is 89.7 Å². The van der Waals surface area contributed by atoms with Crippen molar-refractivity contribution in [3.63, 3.8) is 0 Å². The van der Waals surface area contributed by atoms with Gasteiger partial charge >= 0.3 is 17.9 Å². The molecule has 1 fully saturated rings. The maximum atomic E-state index is 13.5. The van der Waals surface area contributed by atoms with Gasteiger partial charge in [0.1, 0.15) is 30.1 Å². The molecule has 2 N–H and O–H groups in total. The Morgan fingerprint density at radius 3 is 2.41 bits per heavy atom. The second-order valence-electron chi connectivity index (χ2n) is 12.9. The Morgan fingerprint density at radius 2 is 1.76 bits per heavy atom. The highest BCUT2D eigenvalue weighted by molar-refractivity contribution is 5.89. The molecular formula is C36H45NO9. The zero-order valence-corrected chi connectivity index (χ0v) is 27.3. The zero-order chi connectivity index (χ0) is 33.2. The molecule has 0 unspecified atom stereocenters. The molecule has 1 aromatic heterocycles. The van der Waals surface area contributed by atoms with Crippen molar-refractivity contribution >= 4 is 17.9 Å². The van der Waals surface area contributed by atoms with Gasteiger partial charge in [0.15, 0.2) is 6.10 Å². The maximum absolute atomic E-state index is 13.5. The van der Waals surface area contributed by atoms with Gasteiger partial charge in [0.25, 0.3) is 0 Å². The van der Waals surface area contributed by atoms with Gasteiger partial charge in [-0.1, -0.05) is 50.3 Å². The van der Waals surface area contributed by atoms with Gasteiger partial charge < -0.3 is 33.8 Å². The van der Waals surface area contributed by atoms with Gasteiger partial charge in [0.2, 0.25) is 0 Å². The van der Waals surface area contributed by atoms with Crippen LogP contribution in [0, 0.1) is 23.7 Å². The molecule has 2 aromatic rings. The average Bonchev–Trinajstić information content (AvgIpc) is 3.69. The summed E-state index contributed by atoms with van der Waals surface area (Å²) in [5, 5.41) is 10.6. The van der Waals surface area contributed by atoms with E-state index in [1.807, 2.05) is 32.9 Å². The number of aromatic nitrogens is 1. The molecule has 1 spiro atoms. The van der Waals surface area contributed by atoms with E-state index >= 15 is 0 Å². The smallest absolute Gasteiger partial charge is 0.355 e. The minimum absolute atomic E-state index is 0.116. The number of methoxy groups -OCH3 is 1. The second kappa shape index (κ2) is 13.9. The fourth-order valence-corrected chi connectivity index (χ4v) is 7.08. The lowest BCUT2D eigenvalue weighted by Gasteiger charge is -2.41. The number of H-pyrrole nitrogens is 1. The molecule has 1 aromatic carbocycles. The first-order valence-corrected chi connectivity index (χ1v) is 16.0. The molecule has 10 heteroatoms. The first kappa shape index (κ1) is 33.6. The van der Waals surface area contributed by atoms with Crippen molar-refractivity contribution in [3.8, 4) is 0 Å². The largest absolute Gasteiger partial charge is 0.456 e. The minimum atomic E-state index is -0.902. The molecular weight excluding hydrogens is 590 g/mol. The number of benzene rings is 1. The van der Waals surface area contributed by atoms with Crippen LogP contribution in [0.1, 0.15) is 68.3 Å². The lowest BCUT2D eigenvalue weighted by molar-refractivity contribution is -0.172. The van der Waals surface area contributed by atoms with Crippen molar-refractivity contribution in [3.05, 3.63) is 83.7 Å². The van der Waals surface area contributed by atoms with E-state index in [0.717, 1.165) is 5.57 Å². The normalized spacial score (nSPS) is 32.9. The molecule has 3 heterocycles. The molecule has 2 bridgehead atoms. The third-order valence-electron chi connectivity index (χ3n) is 9.89. The Labute approximate surface area is 270 Å². The van der Waals surface area contributed by atoms with Crippen LogP contribution in [0.2, 0.25) is 0 Å². The van der Waals surface area contributed by atoms with Crippen molar-refractivity contribution in [1.82, 2.24) is 4.98 Å². The Hall–Kier alpha value is -3.73. The lowest BCUT2D eigenvalue weighted by Crippen LogP contribution is -2.48. The molecule has 3 aliphatic rings. The van der Waals surface area contributed by atoms with E-state index in [0.29, 0.717) is 17.7 Å². The number of aliphatic hydroxyl groups excluding tert-OH is 1. The van der Waals surface area contributed by atoms with E-state index in [1.165, 1.54) is 7.11 Å². The number of hydrogen-bond donors (Lipinski definition) is 2. The van der Waals surface area contributed by atoms with E-state index in [-0.39, 0.29) is 24.2 Å². The van der Waals surface area contributed by atoms with Crippen LogP contribution >= 0.6 is 0 Å². The molecule has 0 amide bonds. The highest BCUT2D eigenvalue weighted by Crippen LogP contribution is 2.53. The molecule has 2 aliphatic heterocycles. The summed E-state index contributed by atoms with van der Waals surface area (Å²) < 4.78 is 30.6. The predicted octanol–water partition coefficient (Wildman–Crippen LogP) is 5.05. The monoisotopic (exact) mass is 635 g/mol. The van der Waals surface area contributed by atoms with Gasteiger partial charge in [0.05, 0.1) is 17.3 Å². The number of aliphatic hydroxyl groups is 1. The zero-order valence-electron chi connectivity index (χ0n) is 27.3. The van der Waals surface area contributed by atoms with Crippen LogP contribution < -0.4 is 0 Å². The van der Waals surface area contributed by atoms with Crippen LogP contribution in [0.4, 0.5) is 0 Å². The summed E-state index contributed by atoms with van der Waals surface area (Å²) in [6.07, 6.45) is 4.16. The van der Waals surface area contributed by atoms with Crippen LogP contribution in [-0.2, 0) is 28.5 Å². The Morgan fingerprint density at radius 1 is 1.02 bits per heavy atom. The summed E-state index contributed by atoms with van der Waals surface area (Å²) in [5.74, 6) is -2.74. The number of aromatic amines is 1. The number of carbonyl (C=O) groups is 3. The number of nitrogens with one attached hydrogen (secondary N) is 1. The van der Waals surface area contributed by atoms with Crippen molar-refractivity contribution in [2.24, 2.45) is 23.7 Å². The number of cyclic esters (lactones) is 1. The van der Waals surface area contributed by atoms with Crippen LogP contribution in [-0.4, -0.2) is 77.3 Å². The molecule has 5 rings (SSSR count). The summed E-state index contributed by atoms with van der Waals surface area (Å²) >= 11 is 0. The first-order chi connectivity index (χ1) is 21.9. The number of ether oxygens (including phenoxy) is 5. The van der Waals surface area contributed by atoms with Crippen molar-refractivity contribution in [2.75, 3.05) is 7.11 Å². The highest BCUT2D eigenvalue weighted by atomic mass is 16.6.